The lowest BCUT2D eigenvalue weighted by Crippen LogP contribution is -2.04. The van der Waals surface area contributed by atoms with Crippen LogP contribution < -0.4 is 0 Å². The van der Waals surface area contributed by atoms with E-state index in [1.807, 2.05) is 0 Å². The Labute approximate surface area is 120 Å². The molecular formula is C12H3ClF3N5. The average Bonchev–Trinajstić information content (AvgIpc) is 2.85. The molecule has 5 nitrogen and oxygen atoms in total. The van der Waals surface area contributed by atoms with Crippen LogP contribution in [0.2, 0.25) is 5.15 Å². The first-order valence-electron chi connectivity index (χ1n) is 5.47. The van der Waals surface area contributed by atoms with E-state index in [1.54, 1.807) is 6.07 Å². The van der Waals surface area contributed by atoms with Crippen LogP contribution in [0, 0.1) is 28.8 Å². The summed E-state index contributed by atoms with van der Waals surface area (Å²) in [5, 5.41) is 12.6. The van der Waals surface area contributed by atoms with Gasteiger partial charge in [0.2, 0.25) is 0 Å². The van der Waals surface area contributed by atoms with Gasteiger partial charge in [0.1, 0.15) is 35.0 Å². The number of halogens is 4. The number of hydrogen-bond donors (Lipinski definition) is 0. The molecule has 3 aromatic rings. The van der Waals surface area contributed by atoms with Crippen LogP contribution in [0.15, 0.2) is 18.5 Å². The van der Waals surface area contributed by atoms with Gasteiger partial charge in [-0.2, -0.15) is 24.8 Å². The minimum Gasteiger partial charge on any atom is -0.207 e. The Bertz CT molecular complexity index is 892. The number of fused-ring (bicyclic) bond motifs is 1. The van der Waals surface area contributed by atoms with Crippen molar-refractivity contribution in [1.29, 1.82) is 5.26 Å². The fourth-order valence-electron chi connectivity index (χ4n) is 1.92. The summed E-state index contributed by atoms with van der Waals surface area (Å²) in [6.45, 7) is 0. The predicted molar refractivity (Wildman–Crippen MR) is 65.8 cm³/mol. The van der Waals surface area contributed by atoms with Gasteiger partial charge in [-0.05, 0) is 0 Å². The van der Waals surface area contributed by atoms with E-state index < -0.39 is 23.0 Å². The Balaban J connectivity index is 2.46. The number of hydrogen-bond acceptors (Lipinski definition) is 4. The number of aromatic nitrogens is 4. The van der Waals surface area contributed by atoms with Crippen molar-refractivity contribution in [3.05, 3.63) is 46.8 Å². The van der Waals surface area contributed by atoms with Crippen LogP contribution >= 0.6 is 11.6 Å². The molecule has 0 bridgehead atoms. The second-order valence-electron chi connectivity index (χ2n) is 3.95. The largest absolute Gasteiger partial charge is 0.254 e. The highest BCUT2D eigenvalue weighted by Gasteiger charge is 2.23. The van der Waals surface area contributed by atoms with Gasteiger partial charge in [-0.1, -0.05) is 11.6 Å². The SMILES string of the molecule is N#Cc1c(-c2c(F)cc(F)cc2F)c(Cl)nc2ncnn12. The molecule has 0 fully saturated rings. The molecule has 0 aliphatic rings. The van der Waals surface area contributed by atoms with Gasteiger partial charge in [-0.25, -0.2) is 13.2 Å². The van der Waals surface area contributed by atoms with Crippen LogP contribution in [-0.4, -0.2) is 19.6 Å². The summed E-state index contributed by atoms with van der Waals surface area (Å²) in [6, 6.07) is 2.72. The Morgan fingerprint density at radius 2 is 1.81 bits per heavy atom. The summed E-state index contributed by atoms with van der Waals surface area (Å²) >= 11 is 5.89. The normalized spacial score (nSPS) is 10.8. The molecule has 21 heavy (non-hydrogen) atoms. The van der Waals surface area contributed by atoms with Gasteiger partial charge in [0.15, 0.2) is 5.69 Å². The highest BCUT2D eigenvalue weighted by molar-refractivity contribution is 6.32. The van der Waals surface area contributed by atoms with Crippen molar-refractivity contribution in [1.82, 2.24) is 19.6 Å². The number of nitrogens with zero attached hydrogens (tertiary/aromatic N) is 5. The first-order chi connectivity index (χ1) is 10.0. The van der Waals surface area contributed by atoms with Crippen molar-refractivity contribution in [3.8, 4) is 17.2 Å². The van der Waals surface area contributed by atoms with Gasteiger partial charge in [-0.3, -0.25) is 0 Å². The summed E-state index contributed by atoms with van der Waals surface area (Å²) in [6.07, 6.45) is 1.11. The van der Waals surface area contributed by atoms with Gasteiger partial charge in [0.05, 0.1) is 11.1 Å². The highest BCUT2D eigenvalue weighted by Crippen LogP contribution is 2.34. The molecule has 0 saturated heterocycles. The lowest BCUT2D eigenvalue weighted by atomic mass is 10.0. The second kappa shape index (κ2) is 4.71. The Kier molecular flexibility index (Phi) is 2.99. The Morgan fingerprint density at radius 3 is 2.43 bits per heavy atom. The fraction of sp³-hybridized carbons (Fsp3) is 0. The summed E-state index contributed by atoms with van der Waals surface area (Å²) in [5.41, 5.74) is -1.22. The molecule has 0 amide bonds. The van der Waals surface area contributed by atoms with Crippen LogP contribution in [0.25, 0.3) is 16.9 Å². The summed E-state index contributed by atoms with van der Waals surface area (Å²) < 4.78 is 41.8. The zero-order chi connectivity index (χ0) is 15.1. The van der Waals surface area contributed by atoms with Crippen molar-refractivity contribution in [3.63, 3.8) is 0 Å². The summed E-state index contributed by atoms with van der Waals surface area (Å²) in [4.78, 5) is 7.54. The topological polar surface area (TPSA) is 66.9 Å². The quantitative estimate of drug-likeness (QED) is 0.648. The molecule has 0 aliphatic carbocycles. The number of rotatable bonds is 1. The molecule has 0 aliphatic heterocycles. The molecule has 0 unspecified atom stereocenters. The highest BCUT2D eigenvalue weighted by atomic mass is 35.5. The molecule has 0 atom stereocenters. The van der Waals surface area contributed by atoms with E-state index in [0.717, 1.165) is 10.8 Å². The molecule has 1 aromatic carbocycles. The fourth-order valence-corrected chi connectivity index (χ4v) is 2.18. The predicted octanol–water partition coefficient (Wildman–Crippen LogP) is 2.73. The molecule has 0 N–H and O–H groups in total. The van der Waals surface area contributed by atoms with Crippen LogP contribution in [0.5, 0.6) is 0 Å². The van der Waals surface area contributed by atoms with Crippen molar-refractivity contribution in [2.45, 2.75) is 0 Å². The third-order valence-corrected chi connectivity index (χ3v) is 3.02. The van der Waals surface area contributed by atoms with E-state index in [2.05, 4.69) is 15.1 Å². The second-order valence-corrected chi connectivity index (χ2v) is 4.31. The number of benzene rings is 1. The van der Waals surface area contributed by atoms with Crippen molar-refractivity contribution >= 4 is 17.4 Å². The zero-order valence-corrected chi connectivity index (χ0v) is 10.7. The summed E-state index contributed by atoms with van der Waals surface area (Å²) in [7, 11) is 0. The van der Waals surface area contributed by atoms with Crippen molar-refractivity contribution in [2.75, 3.05) is 0 Å². The van der Waals surface area contributed by atoms with Crippen LogP contribution in [0.4, 0.5) is 13.2 Å². The maximum atomic E-state index is 13.9. The van der Waals surface area contributed by atoms with Crippen molar-refractivity contribution < 1.29 is 13.2 Å². The third-order valence-electron chi connectivity index (χ3n) is 2.75. The van der Waals surface area contributed by atoms with Gasteiger partial charge >= 0.3 is 0 Å². The molecule has 2 heterocycles. The minimum atomic E-state index is -1.20. The smallest absolute Gasteiger partial charge is 0.207 e. The average molecular weight is 310 g/mol. The van der Waals surface area contributed by atoms with Crippen molar-refractivity contribution in [2.24, 2.45) is 0 Å². The molecule has 3 rings (SSSR count). The molecule has 2 aromatic heterocycles. The molecule has 9 heteroatoms. The van der Waals surface area contributed by atoms with Gasteiger partial charge < -0.3 is 0 Å². The molecule has 104 valence electrons. The number of nitriles is 1. The molecule has 0 spiro atoms. The van der Waals surface area contributed by atoms with Gasteiger partial charge in [-0.15, -0.1) is 0 Å². The summed E-state index contributed by atoms with van der Waals surface area (Å²) in [5.74, 6) is -3.49. The van der Waals surface area contributed by atoms with E-state index in [4.69, 9.17) is 11.6 Å². The maximum absolute atomic E-state index is 13.9. The lowest BCUT2D eigenvalue weighted by Gasteiger charge is -2.09. The van der Waals surface area contributed by atoms with Crippen LogP contribution in [0.1, 0.15) is 5.69 Å². The Hall–Kier alpha value is -2.66. The van der Waals surface area contributed by atoms with E-state index >= 15 is 0 Å². The first kappa shape index (κ1) is 13.3. The molecular weight excluding hydrogens is 307 g/mol. The van der Waals surface area contributed by atoms with E-state index in [9.17, 15) is 18.4 Å². The third kappa shape index (κ3) is 1.98. The van der Waals surface area contributed by atoms with E-state index in [0.29, 0.717) is 12.1 Å². The lowest BCUT2D eigenvalue weighted by molar-refractivity contribution is 0.547. The van der Waals surface area contributed by atoms with Gasteiger partial charge in [0.25, 0.3) is 5.78 Å². The van der Waals surface area contributed by atoms with E-state index in [-0.39, 0.29) is 22.2 Å². The van der Waals surface area contributed by atoms with Gasteiger partial charge in [0, 0.05) is 12.1 Å². The van der Waals surface area contributed by atoms with Crippen LogP contribution in [-0.2, 0) is 0 Å². The molecule has 0 radical (unpaired) electrons. The zero-order valence-electron chi connectivity index (χ0n) is 9.98. The van der Waals surface area contributed by atoms with Crippen LogP contribution in [0.3, 0.4) is 0 Å². The Morgan fingerprint density at radius 1 is 1.14 bits per heavy atom. The van der Waals surface area contributed by atoms with E-state index in [1.165, 1.54) is 0 Å². The molecule has 0 saturated carbocycles. The minimum absolute atomic E-state index is 0.00299. The monoisotopic (exact) mass is 309 g/mol. The maximum Gasteiger partial charge on any atom is 0.254 e. The standard InChI is InChI=1S/C12H3ClF3N5/c13-11-10(9-6(15)1-5(14)2-7(9)16)8(3-17)21-12(20-11)18-4-19-21/h1-2,4H. The first-order valence-corrected chi connectivity index (χ1v) is 5.85.